The van der Waals surface area contributed by atoms with Gasteiger partial charge in [0.05, 0.1) is 11.7 Å². The first-order chi connectivity index (χ1) is 8.63. The summed E-state index contributed by atoms with van der Waals surface area (Å²) in [5.41, 5.74) is 2.66. The maximum absolute atomic E-state index is 13.8. The van der Waals surface area contributed by atoms with Crippen LogP contribution in [-0.2, 0) is 6.42 Å². The van der Waals surface area contributed by atoms with Crippen LogP contribution in [0, 0.1) is 5.82 Å². The Balaban J connectivity index is 1.93. The molecule has 1 heterocycles. The largest absolute Gasteiger partial charge is 0.375 e. The van der Waals surface area contributed by atoms with Gasteiger partial charge in [0, 0.05) is 9.50 Å². The van der Waals surface area contributed by atoms with Gasteiger partial charge in [-0.1, -0.05) is 39.7 Å². The molecule has 2 aromatic carbocycles. The highest BCUT2D eigenvalue weighted by Crippen LogP contribution is 2.37. The zero-order chi connectivity index (χ0) is 12.7. The highest BCUT2D eigenvalue weighted by molar-refractivity contribution is 9.10. The van der Waals surface area contributed by atoms with E-state index >= 15 is 0 Å². The molecule has 1 aliphatic rings. The fourth-order valence-electron chi connectivity index (χ4n) is 2.29. The second kappa shape index (κ2) is 4.56. The van der Waals surface area contributed by atoms with Crippen LogP contribution in [0.5, 0.6) is 0 Å². The van der Waals surface area contributed by atoms with Gasteiger partial charge in [0.25, 0.3) is 0 Å². The number of benzene rings is 2. The Morgan fingerprint density at radius 1 is 1.22 bits per heavy atom. The number of hydrogen-bond acceptors (Lipinski definition) is 1. The first kappa shape index (κ1) is 12.0. The molecule has 0 aliphatic carbocycles. The van der Waals surface area contributed by atoms with Gasteiger partial charge < -0.3 is 5.32 Å². The molecular weight excluding hydrogens is 317 g/mol. The molecule has 0 radical (unpaired) electrons. The van der Waals surface area contributed by atoms with E-state index in [1.165, 1.54) is 6.07 Å². The second-order valence-corrected chi connectivity index (χ2v) is 5.73. The van der Waals surface area contributed by atoms with Crippen molar-refractivity contribution < 1.29 is 4.39 Å². The molecule has 1 unspecified atom stereocenters. The molecule has 0 aromatic heterocycles. The smallest absolute Gasteiger partial charge is 0.148 e. The van der Waals surface area contributed by atoms with Gasteiger partial charge >= 0.3 is 0 Å². The third-order valence-electron chi connectivity index (χ3n) is 3.15. The maximum atomic E-state index is 13.8. The molecular formula is C14H10BrClFN. The first-order valence-electron chi connectivity index (χ1n) is 5.63. The average Bonchev–Trinajstić information content (AvgIpc) is 2.74. The Kier molecular flexibility index (Phi) is 3.04. The summed E-state index contributed by atoms with van der Waals surface area (Å²) in [6, 6.07) is 11.3. The van der Waals surface area contributed by atoms with Crippen LogP contribution >= 0.6 is 27.5 Å². The molecule has 3 rings (SSSR count). The highest BCUT2D eigenvalue weighted by atomic mass is 79.9. The van der Waals surface area contributed by atoms with Gasteiger partial charge in [0.15, 0.2) is 0 Å². The number of fused-ring (bicyclic) bond motifs is 1. The van der Waals surface area contributed by atoms with Crippen molar-refractivity contribution in [3.63, 3.8) is 0 Å². The van der Waals surface area contributed by atoms with E-state index in [4.69, 9.17) is 11.6 Å². The molecule has 0 spiro atoms. The lowest BCUT2D eigenvalue weighted by molar-refractivity contribution is 0.631. The van der Waals surface area contributed by atoms with Gasteiger partial charge in [0.1, 0.15) is 5.82 Å². The van der Waals surface area contributed by atoms with E-state index in [1.54, 1.807) is 0 Å². The van der Waals surface area contributed by atoms with E-state index in [0.717, 1.165) is 22.0 Å². The molecule has 2 aromatic rings. The molecule has 0 fully saturated rings. The minimum Gasteiger partial charge on any atom is -0.375 e. The average molecular weight is 327 g/mol. The van der Waals surface area contributed by atoms with Crippen molar-refractivity contribution >= 4 is 33.2 Å². The Hall–Kier alpha value is -1.06. The van der Waals surface area contributed by atoms with Crippen LogP contribution in [0.2, 0.25) is 5.02 Å². The van der Waals surface area contributed by atoms with Gasteiger partial charge in [-0.05, 0) is 41.8 Å². The van der Waals surface area contributed by atoms with E-state index in [0.29, 0.717) is 10.7 Å². The summed E-state index contributed by atoms with van der Waals surface area (Å²) in [7, 11) is 0. The molecule has 0 bridgehead atoms. The van der Waals surface area contributed by atoms with Crippen molar-refractivity contribution in [3.05, 3.63) is 62.8 Å². The van der Waals surface area contributed by atoms with Crippen LogP contribution < -0.4 is 5.32 Å². The van der Waals surface area contributed by atoms with Crippen molar-refractivity contribution in [2.45, 2.75) is 12.5 Å². The highest BCUT2D eigenvalue weighted by Gasteiger charge is 2.25. The number of nitrogens with one attached hydrogen (secondary N) is 1. The van der Waals surface area contributed by atoms with Crippen molar-refractivity contribution in [3.8, 4) is 0 Å². The first-order valence-corrected chi connectivity index (χ1v) is 6.80. The van der Waals surface area contributed by atoms with Crippen LogP contribution in [-0.4, -0.2) is 0 Å². The third-order valence-corrected chi connectivity index (χ3v) is 3.90. The molecule has 1 N–H and O–H groups in total. The lowest BCUT2D eigenvalue weighted by Crippen LogP contribution is -2.05. The Morgan fingerprint density at radius 3 is 2.67 bits per heavy atom. The summed E-state index contributed by atoms with van der Waals surface area (Å²) in [5.74, 6) is -0.280. The lowest BCUT2D eigenvalue weighted by Gasteiger charge is -2.11. The van der Waals surface area contributed by atoms with E-state index in [-0.39, 0.29) is 11.9 Å². The molecule has 0 amide bonds. The topological polar surface area (TPSA) is 12.0 Å². The fourth-order valence-corrected chi connectivity index (χ4v) is 2.78. The van der Waals surface area contributed by atoms with E-state index in [2.05, 4.69) is 21.2 Å². The second-order valence-electron chi connectivity index (χ2n) is 4.37. The minimum absolute atomic E-state index is 0.112. The lowest BCUT2D eigenvalue weighted by atomic mass is 10.0. The predicted molar refractivity (Wildman–Crippen MR) is 75.6 cm³/mol. The van der Waals surface area contributed by atoms with E-state index in [9.17, 15) is 4.39 Å². The van der Waals surface area contributed by atoms with Crippen LogP contribution in [0.25, 0.3) is 0 Å². The zero-order valence-electron chi connectivity index (χ0n) is 9.38. The SMILES string of the molecule is Fc1cc(Cl)cc2c1NC(c1ccc(Br)cc1)C2. The number of hydrogen-bond donors (Lipinski definition) is 1. The number of anilines is 1. The van der Waals surface area contributed by atoms with Gasteiger partial charge in [-0.3, -0.25) is 0 Å². The van der Waals surface area contributed by atoms with Gasteiger partial charge in [0.2, 0.25) is 0 Å². The third kappa shape index (κ3) is 2.13. The summed E-state index contributed by atoms with van der Waals surface area (Å²) < 4.78 is 14.8. The Bertz CT molecular complexity index is 597. The molecule has 1 nitrogen and oxygen atoms in total. The Labute approximate surface area is 118 Å². The quantitative estimate of drug-likeness (QED) is 0.782. The van der Waals surface area contributed by atoms with Crippen molar-refractivity contribution in [1.29, 1.82) is 0 Å². The number of rotatable bonds is 1. The van der Waals surface area contributed by atoms with E-state index < -0.39 is 0 Å². The van der Waals surface area contributed by atoms with Crippen molar-refractivity contribution in [1.82, 2.24) is 0 Å². The monoisotopic (exact) mass is 325 g/mol. The fraction of sp³-hybridized carbons (Fsp3) is 0.143. The Morgan fingerprint density at radius 2 is 1.94 bits per heavy atom. The van der Waals surface area contributed by atoms with Gasteiger partial charge in [-0.15, -0.1) is 0 Å². The standard InChI is InChI=1S/C14H10BrClFN/c15-10-3-1-8(2-4-10)13-6-9-5-11(16)7-12(17)14(9)18-13/h1-5,7,13,18H,6H2. The van der Waals surface area contributed by atoms with Gasteiger partial charge in [-0.25, -0.2) is 4.39 Å². The van der Waals surface area contributed by atoms with Crippen LogP contribution in [0.3, 0.4) is 0 Å². The van der Waals surface area contributed by atoms with Crippen LogP contribution in [0.15, 0.2) is 40.9 Å². The van der Waals surface area contributed by atoms with Crippen molar-refractivity contribution in [2.24, 2.45) is 0 Å². The maximum Gasteiger partial charge on any atom is 0.148 e. The summed E-state index contributed by atoms with van der Waals surface area (Å²) in [4.78, 5) is 0. The molecule has 1 aliphatic heterocycles. The molecule has 1 atom stereocenters. The molecule has 4 heteroatoms. The van der Waals surface area contributed by atoms with Crippen LogP contribution in [0.1, 0.15) is 17.2 Å². The molecule has 0 saturated heterocycles. The number of halogens is 3. The summed E-state index contributed by atoms with van der Waals surface area (Å²) >= 11 is 9.27. The predicted octanol–water partition coefficient (Wildman–Crippen LogP) is 4.95. The summed E-state index contributed by atoms with van der Waals surface area (Å²) in [5, 5.41) is 3.67. The van der Waals surface area contributed by atoms with Crippen LogP contribution in [0.4, 0.5) is 10.1 Å². The molecule has 18 heavy (non-hydrogen) atoms. The zero-order valence-corrected chi connectivity index (χ0v) is 11.7. The van der Waals surface area contributed by atoms with Gasteiger partial charge in [-0.2, -0.15) is 0 Å². The molecule has 0 saturated carbocycles. The summed E-state index contributed by atoms with van der Waals surface area (Å²) in [6.45, 7) is 0. The minimum atomic E-state index is -0.280. The van der Waals surface area contributed by atoms with E-state index in [1.807, 2.05) is 30.3 Å². The normalized spacial score (nSPS) is 17.4. The molecule has 92 valence electrons. The van der Waals surface area contributed by atoms with Crippen molar-refractivity contribution in [2.75, 3.05) is 5.32 Å². The summed E-state index contributed by atoms with van der Waals surface area (Å²) in [6.07, 6.45) is 0.758.